The largest absolute Gasteiger partial charge is 0.494 e. The summed E-state index contributed by atoms with van der Waals surface area (Å²) in [4.78, 5) is 11.7. The fourth-order valence-corrected chi connectivity index (χ4v) is 3.02. The smallest absolute Gasteiger partial charge is 0.232 e. The molecule has 6 nitrogen and oxygen atoms in total. The second-order valence-electron chi connectivity index (χ2n) is 5.35. The summed E-state index contributed by atoms with van der Waals surface area (Å²) in [5.74, 6) is 0.577. The van der Waals surface area contributed by atoms with Crippen molar-refractivity contribution in [3.63, 3.8) is 0 Å². The Bertz CT molecular complexity index is 609. The molecular formula is C15H22N2O4S. The Hall–Kier alpha value is -1.76. The van der Waals surface area contributed by atoms with E-state index in [-0.39, 0.29) is 24.9 Å². The molecule has 0 bridgehead atoms. The van der Waals surface area contributed by atoms with Gasteiger partial charge in [-0.3, -0.25) is 9.10 Å². The Morgan fingerprint density at radius 3 is 2.45 bits per heavy atom. The predicted molar refractivity (Wildman–Crippen MR) is 85.6 cm³/mol. The van der Waals surface area contributed by atoms with E-state index in [0.29, 0.717) is 18.0 Å². The first-order valence-electron chi connectivity index (χ1n) is 7.40. The average Bonchev–Trinajstić information content (AvgIpc) is 3.23. The fourth-order valence-electron chi connectivity index (χ4n) is 2.09. The molecule has 0 unspecified atom stereocenters. The van der Waals surface area contributed by atoms with E-state index in [1.54, 1.807) is 24.3 Å². The fraction of sp³-hybridized carbons (Fsp3) is 0.533. The van der Waals surface area contributed by atoms with Crippen molar-refractivity contribution < 1.29 is 17.9 Å². The van der Waals surface area contributed by atoms with E-state index in [2.05, 4.69) is 5.32 Å². The minimum Gasteiger partial charge on any atom is -0.494 e. The van der Waals surface area contributed by atoms with Crippen molar-refractivity contribution in [3.05, 3.63) is 24.3 Å². The van der Waals surface area contributed by atoms with Crippen molar-refractivity contribution in [2.75, 3.05) is 23.7 Å². The first-order chi connectivity index (χ1) is 10.4. The van der Waals surface area contributed by atoms with Gasteiger partial charge < -0.3 is 10.1 Å². The van der Waals surface area contributed by atoms with Crippen LogP contribution in [-0.2, 0) is 14.8 Å². The third-order valence-corrected chi connectivity index (χ3v) is 4.51. The van der Waals surface area contributed by atoms with Crippen LogP contribution >= 0.6 is 0 Å². The third-order valence-electron chi connectivity index (χ3n) is 3.32. The van der Waals surface area contributed by atoms with E-state index < -0.39 is 10.0 Å². The summed E-state index contributed by atoms with van der Waals surface area (Å²) in [6, 6.07) is 7.10. The lowest BCUT2D eigenvalue weighted by atomic mass is 10.3. The number of nitrogens with zero attached hydrogens (tertiary/aromatic N) is 1. The number of ether oxygens (including phenoxy) is 1. The van der Waals surface area contributed by atoms with Gasteiger partial charge in [0.15, 0.2) is 0 Å². The monoisotopic (exact) mass is 326 g/mol. The van der Waals surface area contributed by atoms with Gasteiger partial charge in [0.05, 0.1) is 18.6 Å². The van der Waals surface area contributed by atoms with Crippen LogP contribution in [0.5, 0.6) is 5.75 Å². The molecule has 0 radical (unpaired) electrons. The lowest BCUT2D eigenvalue weighted by molar-refractivity contribution is -0.121. The minimum absolute atomic E-state index is 0.109. The molecule has 0 atom stereocenters. The molecule has 0 heterocycles. The molecule has 1 aliphatic carbocycles. The van der Waals surface area contributed by atoms with Crippen LogP contribution in [0.15, 0.2) is 24.3 Å². The third kappa shape index (κ3) is 4.91. The molecule has 1 saturated carbocycles. The zero-order valence-electron chi connectivity index (χ0n) is 12.9. The lowest BCUT2D eigenvalue weighted by Gasteiger charge is -2.22. The van der Waals surface area contributed by atoms with Crippen LogP contribution in [0.3, 0.4) is 0 Å². The van der Waals surface area contributed by atoms with Crippen LogP contribution in [0.4, 0.5) is 5.69 Å². The molecule has 0 aliphatic heterocycles. The maximum Gasteiger partial charge on any atom is 0.232 e. The maximum absolute atomic E-state index is 12.0. The Labute approximate surface area is 131 Å². The molecular weight excluding hydrogens is 304 g/mol. The highest BCUT2D eigenvalue weighted by Crippen LogP contribution is 2.22. The molecule has 22 heavy (non-hydrogen) atoms. The Morgan fingerprint density at radius 1 is 1.32 bits per heavy atom. The Balaban J connectivity index is 2.03. The van der Waals surface area contributed by atoms with Gasteiger partial charge in [-0.1, -0.05) is 0 Å². The summed E-state index contributed by atoms with van der Waals surface area (Å²) < 4.78 is 30.5. The number of anilines is 1. The quantitative estimate of drug-likeness (QED) is 0.786. The number of amides is 1. The molecule has 122 valence electrons. The summed E-state index contributed by atoms with van der Waals surface area (Å²) in [7, 11) is -3.44. The molecule has 1 aromatic carbocycles. The molecule has 0 aromatic heterocycles. The number of sulfonamides is 1. The van der Waals surface area contributed by atoms with Crippen molar-refractivity contribution in [1.82, 2.24) is 5.32 Å². The summed E-state index contributed by atoms with van der Waals surface area (Å²) in [5.41, 5.74) is 0.533. The number of benzene rings is 1. The molecule has 0 saturated heterocycles. The Kier molecular flexibility index (Phi) is 5.28. The van der Waals surface area contributed by atoms with E-state index in [1.165, 1.54) is 4.31 Å². The van der Waals surface area contributed by atoms with Crippen LogP contribution in [0.25, 0.3) is 0 Å². The van der Waals surface area contributed by atoms with Gasteiger partial charge in [-0.25, -0.2) is 8.42 Å². The molecule has 1 N–H and O–H groups in total. The molecule has 1 fully saturated rings. The number of carbonyl (C=O) groups is 1. The van der Waals surface area contributed by atoms with Crippen LogP contribution in [-0.4, -0.2) is 39.8 Å². The number of hydrogen-bond acceptors (Lipinski definition) is 4. The SMILES string of the molecule is CCOc1ccc(N(CCC(=O)NC2CC2)S(C)(=O)=O)cc1. The van der Waals surface area contributed by atoms with Crippen molar-refractivity contribution in [2.45, 2.75) is 32.2 Å². The summed E-state index contributed by atoms with van der Waals surface area (Å²) in [6.07, 6.45) is 3.32. The van der Waals surface area contributed by atoms with Gasteiger partial charge in [-0.2, -0.15) is 0 Å². The van der Waals surface area contributed by atoms with Crippen molar-refractivity contribution in [3.8, 4) is 5.75 Å². The number of rotatable bonds is 8. The van der Waals surface area contributed by atoms with Crippen LogP contribution in [0.2, 0.25) is 0 Å². The zero-order valence-corrected chi connectivity index (χ0v) is 13.7. The minimum atomic E-state index is -3.44. The molecule has 2 rings (SSSR count). The van der Waals surface area contributed by atoms with E-state index in [0.717, 1.165) is 19.1 Å². The first kappa shape index (κ1) is 16.6. The van der Waals surface area contributed by atoms with E-state index >= 15 is 0 Å². The molecule has 0 spiro atoms. The van der Waals surface area contributed by atoms with Crippen LogP contribution < -0.4 is 14.4 Å². The van der Waals surface area contributed by atoms with Crippen molar-refractivity contribution in [2.24, 2.45) is 0 Å². The highest BCUT2D eigenvalue weighted by atomic mass is 32.2. The topological polar surface area (TPSA) is 75.7 Å². The second-order valence-corrected chi connectivity index (χ2v) is 7.26. The number of hydrogen-bond donors (Lipinski definition) is 1. The Morgan fingerprint density at radius 2 is 1.95 bits per heavy atom. The average molecular weight is 326 g/mol. The molecule has 1 aromatic rings. The van der Waals surface area contributed by atoms with E-state index in [4.69, 9.17) is 4.74 Å². The van der Waals surface area contributed by atoms with Crippen LogP contribution in [0, 0.1) is 0 Å². The summed E-state index contributed by atoms with van der Waals surface area (Å²) >= 11 is 0. The maximum atomic E-state index is 12.0. The normalized spacial score (nSPS) is 14.5. The van der Waals surface area contributed by atoms with Gasteiger partial charge in [0.2, 0.25) is 15.9 Å². The van der Waals surface area contributed by atoms with Crippen LogP contribution in [0.1, 0.15) is 26.2 Å². The van der Waals surface area contributed by atoms with Gasteiger partial charge in [-0.05, 0) is 44.0 Å². The second kappa shape index (κ2) is 7.00. The molecule has 1 aliphatic rings. The highest BCUT2D eigenvalue weighted by Gasteiger charge is 2.24. The predicted octanol–water partition coefficient (Wildman–Crippen LogP) is 1.52. The lowest BCUT2D eigenvalue weighted by Crippen LogP contribution is -2.35. The van der Waals surface area contributed by atoms with Gasteiger partial charge in [-0.15, -0.1) is 0 Å². The first-order valence-corrected chi connectivity index (χ1v) is 9.25. The number of nitrogens with one attached hydrogen (secondary N) is 1. The molecule has 1 amide bonds. The van der Waals surface area contributed by atoms with E-state index in [9.17, 15) is 13.2 Å². The number of carbonyl (C=O) groups excluding carboxylic acids is 1. The summed E-state index contributed by atoms with van der Waals surface area (Å²) in [6.45, 7) is 2.57. The van der Waals surface area contributed by atoms with Crippen molar-refractivity contribution >= 4 is 21.6 Å². The van der Waals surface area contributed by atoms with Gasteiger partial charge >= 0.3 is 0 Å². The van der Waals surface area contributed by atoms with Gasteiger partial charge in [0.25, 0.3) is 0 Å². The van der Waals surface area contributed by atoms with E-state index in [1.807, 2.05) is 6.92 Å². The van der Waals surface area contributed by atoms with Gasteiger partial charge in [0, 0.05) is 19.0 Å². The van der Waals surface area contributed by atoms with Gasteiger partial charge in [0.1, 0.15) is 5.75 Å². The summed E-state index contributed by atoms with van der Waals surface area (Å²) in [5, 5.41) is 2.86. The zero-order chi connectivity index (χ0) is 16.2. The molecule has 7 heteroatoms. The standard InChI is InChI=1S/C15H22N2O4S/c1-3-21-14-8-6-13(7-9-14)17(22(2,19)20)11-10-15(18)16-12-4-5-12/h6-9,12H,3-5,10-11H2,1-2H3,(H,16,18). The van der Waals surface area contributed by atoms with Crippen molar-refractivity contribution in [1.29, 1.82) is 0 Å². The highest BCUT2D eigenvalue weighted by molar-refractivity contribution is 7.92.